The molecule has 1 N–H and O–H groups in total. The molecule has 3 nitrogen and oxygen atoms in total. The fourth-order valence-electron chi connectivity index (χ4n) is 6.50. The molecule has 1 heterocycles. The van der Waals surface area contributed by atoms with Crippen molar-refractivity contribution in [3.8, 4) is 0 Å². The second-order valence-electron chi connectivity index (χ2n) is 8.90. The normalized spacial score (nSPS) is 49.3. The van der Waals surface area contributed by atoms with E-state index in [0.717, 1.165) is 37.5 Å². The van der Waals surface area contributed by atoms with E-state index in [4.69, 9.17) is 4.74 Å². The minimum atomic E-state index is 0.0436. The second kappa shape index (κ2) is 5.34. The van der Waals surface area contributed by atoms with Gasteiger partial charge >= 0.3 is 0 Å². The number of carbonyl (C=O) groups excluding carboxylic acids is 1. The molecule has 3 heteroatoms. The van der Waals surface area contributed by atoms with Crippen molar-refractivity contribution in [3.63, 3.8) is 0 Å². The van der Waals surface area contributed by atoms with Gasteiger partial charge in [0.1, 0.15) is 0 Å². The highest BCUT2D eigenvalue weighted by molar-refractivity contribution is 5.77. The molecule has 0 unspecified atom stereocenters. The molecule has 0 bridgehead atoms. The van der Waals surface area contributed by atoms with Crippen molar-refractivity contribution in [1.82, 2.24) is 5.32 Å². The Labute approximate surface area is 140 Å². The summed E-state index contributed by atoms with van der Waals surface area (Å²) in [5.74, 6) is 2.48. The minimum Gasteiger partial charge on any atom is -0.381 e. The Morgan fingerprint density at radius 1 is 1.17 bits per heavy atom. The molecule has 2 saturated carbocycles. The number of fused-ring (bicyclic) bond motifs is 5. The summed E-state index contributed by atoms with van der Waals surface area (Å²) in [6, 6.07) is 0. The molecule has 4 rings (SSSR count). The van der Waals surface area contributed by atoms with E-state index in [1.54, 1.807) is 5.57 Å². The molecule has 3 aliphatic carbocycles. The van der Waals surface area contributed by atoms with Crippen LogP contribution in [0.5, 0.6) is 0 Å². The SMILES string of the molecule is CO[C@H]1CC[C@@]2(C)C(=CC[C@@H]3[C@@H]2CC[C@]2(C)NC(=O)CC[C@@H]32)C1. The van der Waals surface area contributed by atoms with Gasteiger partial charge in [-0.1, -0.05) is 18.6 Å². The average Bonchev–Trinajstić information content (AvgIpc) is 2.52. The molecule has 0 aromatic rings. The van der Waals surface area contributed by atoms with Crippen LogP contribution in [0.15, 0.2) is 11.6 Å². The first-order valence-electron chi connectivity index (χ1n) is 9.49. The van der Waals surface area contributed by atoms with Gasteiger partial charge in [-0.15, -0.1) is 0 Å². The van der Waals surface area contributed by atoms with Crippen molar-refractivity contribution in [2.45, 2.75) is 76.9 Å². The van der Waals surface area contributed by atoms with E-state index >= 15 is 0 Å². The zero-order chi connectivity index (χ0) is 16.2. The number of ether oxygens (including phenoxy) is 1. The van der Waals surface area contributed by atoms with Gasteiger partial charge in [0, 0.05) is 19.1 Å². The molecule has 6 atom stereocenters. The quantitative estimate of drug-likeness (QED) is 0.746. The van der Waals surface area contributed by atoms with E-state index in [1.807, 2.05) is 7.11 Å². The van der Waals surface area contributed by atoms with Gasteiger partial charge in [-0.2, -0.15) is 0 Å². The van der Waals surface area contributed by atoms with E-state index in [1.165, 1.54) is 25.7 Å². The summed E-state index contributed by atoms with van der Waals surface area (Å²) in [7, 11) is 1.86. The topological polar surface area (TPSA) is 38.3 Å². The lowest BCUT2D eigenvalue weighted by molar-refractivity contribution is -0.131. The van der Waals surface area contributed by atoms with Crippen molar-refractivity contribution in [2.75, 3.05) is 7.11 Å². The zero-order valence-electron chi connectivity index (χ0n) is 14.9. The molecule has 128 valence electrons. The Kier molecular flexibility index (Phi) is 3.64. The molecule has 4 aliphatic rings. The monoisotopic (exact) mass is 317 g/mol. The third-order valence-electron chi connectivity index (χ3n) is 7.89. The summed E-state index contributed by atoms with van der Waals surface area (Å²) < 4.78 is 5.65. The molecule has 3 fully saturated rings. The predicted molar refractivity (Wildman–Crippen MR) is 90.9 cm³/mol. The predicted octanol–water partition coefficient (Wildman–Crippen LogP) is 3.83. The Morgan fingerprint density at radius 2 is 2.00 bits per heavy atom. The summed E-state index contributed by atoms with van der Waals surface area (Å²) in [4.78, 5) is 11.9. The Hall–Kier alpha value is -0.830. The Balaban J connectivity index is 1.63. The van der Waals surface area contributed by atoms with Crippen LogP contribution < -0.4 is 5.32 Å². The summed E-state index contributed by atoms with van der Waals surface area (Å²) in [5.41, 5.74) is 2.09. The molecule has 1 amide bonds. The number of piperidine rings is 1. The first-order valence-corrected chi connectivity index (χ1v) is 9.49. The van der Waals surface area contributed by atoms with Crippen molar-refractivity contribution in [2.24, 2.45) is 23.2 Å². The van der Waals surface area contributed by atoms with E-state index in [9.17, 15) is 4.79 Å². The van der Waals surface area contributed by atoms with Gasteiger partial charge < -0.3 is 10.1 Å². The molecule has 0 spiro atoms. The summed E-state index contributed by atoms with van der Waals surface area (Å²) in [6.45, 7) is 4.82. The molecular formula is C20H31NO2. The largest absolute Gasteiger partial charge is 0.381 e. The van der Waals surface area contributed by atoms with Gasteiger partial charge in [0.05, 0.1) is 6.10 Å². The molecule has 1 aliphatic heterocycles. The third kappa shape index (κ3) is 2.30. The van der Waals surface area contributed by atoms with Gasteiger partial charge in [0.25, 0.3) is 0 Å². The molecule has 23 heavy (non-hydrogen) atoms. The van der Waals surface area contributed by atoms with Crippen LogP contribution in [0.1, 0.15) is 65.2 Å². The van der Waals surface area contributed by atoms with Crippen LogP contribution in [0.3, 0.4) is 0 Å². The smallest absolute Gasteiger partial charge is 0.220 e. The van der Waals surface area contributed by atoms with Crippen molar-refractivity contribution >= 4 is 5.91 Å². The summed E-state index contributed by atoms with van der Waals surface area (Å²) in [6.07, 6.45) is 12.0. The van der Waals surface area contributed by atoms with Gasteiger partial charge in [0.2, 0.25) is 5.91 Å². The lowest BCUT2D eigenvalue weighted by Crippen LogP contribution is -2.62. The highest BCUT2D eigenvalue weighted by Crippen LogP contribution is 2.60. The van der Waals surface area contributed by atoms with Crippen LogP contribution in [0, 0.1) is 23.2 Å². The fourth-order valence-corrected chi connectivity index (χ4v) is 6.50. The van der Waals surface area contributed by atoms with Gasteiger partial charge in [0.15, 0.2) is 0 Å². The van der Waals surface area contributed by atoms with Crippen LogP contribution in [0.25, 0.3) is 0 Å². The van der Waals surface area contributed by atoms with Crippen LogP contribution in [0.4, 0.5) is 0 Å². The van der Waals surface area contributed by atoms with Crippen molar-refractivity contribution < 1.29 is 9.53 Å². The maximum Gasteiger partial charge on any atom is 0.220 e. The van der Waals surface area contributed by atoms with Crippen LogP contribution in [-0.4, -0.2) is 24.7 Å². The number of methoxy groups -OCH3 is 1. The van der Waals surface area contributed by atoms with E-state index in [-0.39, 0.29) is 11.4 Å². The molecule has 0 radical (unpaired) electrons. The number of allylic oxidation sites excluding steroid dienone is 1. The Bertz CT molecular complexity index is 542. The molecule has 0 aromatic carbocycles. The van der Waals surface area contributed by atoms with Gasteiger partial charge in [-0.25, -0.2) is 0 Å². The number of rotatable bonds is 1. The third-order valence-corrected chi connectivity index (χ3v) is 7.89. The second-order valence-corrected chi connectivity index (χ2v) is 8.90. The highest BCUT2D eigenvalue weighted by Gasteiger charge is 2.55. The number of amides is 1. The first-order chi connectivity index (χ1) is 11.0. The molecule has 1 saturated heterocycles. The average molecular weight is 317 g/mol. The standard InChI is InChI=1S/C20H31NO2/c1-19-10-8-14(23-3)12-13(19)4-5-15-16(19)9-11-20(2)17(15)6-7-18(22)21-20/h4,14-17H,5-12H2,1-3H3,(H,21,22)/t14-,15+,16-,17-,19-,20-/m0/s1. The summed E-state index contributed by atoms with van der Waals surface area (Å²) >= 11 is 0. The Morgan fingerprint density at radius 3 is 2.78 bits per heavy atom. The molecular weight excluding hydrogens is 286 g/mol. The van der Waals surface area contributed by atoms with Crippen molar-refractivity contribution in [1.29, 1.82) is 0 Å². The number of carbonyl (C=O) groups is 1. The zero-order valence-corrected chi connectivity index (χ0v) is 14.9. The first kappa shape index (κ1) is 15.7. The lowest BCUT2D eigenvalue weighted by Gasteiger charge is -2.59. The fraction of sp³-hybridized carbons (Fsp3) is 0.850. The number of nitrogens with one attached hydrogen (secondary N) is 1. The molecule has 0 aromatic heterocycles. The number of hydrogen-bond acceptors (Lipinski definition) is 2. The lowest BCUT2D eigenvalue weighted by atomic mass is 9.48. The van der Waals surface area contributed by atoms with E-state index in [2.05, 4.69) is 25.2 Å². The van der Waals surface area contributed by atoms with Crippen LogP contribution in [-0.2, 0) is 9.53 Å². The minimum absolute atomic E-state index is 0.0436. The summed E-state index contributed by atoms with van der Waals surface area (Å²) in [5, 5.41) is 3.35. The van der Waals surface area contributed by atoms with E-state index in [0.29, 0.717) is 17.4 Å². The maximum absolute atomic E-state index is 11.9. The highest BCUT2D eigenvalue weighted by atomic mass is 16.5. The van der Waals surface area contributed by atoms with Crippen LogP contribution in [0.2, 0.25) is 0 Å². The maximum atomic E-state index is 11.9. The van der Waals surface area contributed by atoms with Gasteiger partial charge in [-0.05, 0) is 75.0 Å². The van der Waals surface area contributed by atoms with Gasteiger partial charge in [-0.3, -0.25) is 4.79 Å². The number of hydrogen-bond donors (Lipinski definition) is 1. The van der Waals surface area contributed by atoms with Crippen LogP contribution >= 0.6 is 0 Å². The van der Waals surface area contributed by atoms with Crippen molar-refractivity contribution in [3.05, 3.63) is 11.6 Å². The van der Waals surface area contributed by atoms with E-state index < -0.39 is 0 Å².